The molecule has 4 aliphatic rings. The number of nitrogens with two attached hydrogens (primary N) is 1. The number of piperidine rings is 1. The van der Waals surface area contributed by atoms with Crippen LogP contribution in [0.1, 0.15) is 76.0 Å². The fraction of sp³-hybridized carbons (Fsp3) is 0.553. The average molecular weight is 726 g/mol. The summed E-state index contributed by atoms with van der Waals surface area (Å²) in [5.74, 6) is 1.26. The van der Waals surface area contributed by atoms with Gasteiger partial charge in [-0.15, -0.1) is 0 Å². The molecule has 2 aromatic carbocycles. The molecule has 4 fully saturated rings. The predicted molar refractivity (Wildman–Crippen MR) is 199 cm³/mol. The molecule has 2 aliphatic heterocycles. The van der Waals surface area contributed by atoms with Gasteiger partial charge in [0.1, 0.15) is 16.5 Å². The van der Waals surface area contributed by atoms with Crippen LogP contribution in [0.3, 0.4) is 0 Å². The normalized spacial score (nSPS) is 20.9. The first-order chi connectivity index (χ1) is 24.1. The molecule has 270 valence electrons. The Bertz CT molecular complexity index is 1620. The van der Waals surface area contributed by atoms with Gasteiger partial charge in [0.05, 0.1) is 29.8 Å². The zero-order chi connectivity index (χ0) is 35.6. The Kier molecular flexibility index (Phi) is 11.2. The van der Waals surface area contributed by atoms with Crippen LogP contribution in [0.2, 0.25) is 10.0 Å². The fourth-order valence-electron chi connectivity index (χ4n) is 7.70. The van der Waals surface area contributed by atoms with Crippen molar-refractivity contribution >= 4 is 52.5 Å². The van der Waals surface area contributed by atoms with E-state index in [1.165, 1.54) is 12.4 Å². The van der Waals surface area contributed by atoms with Crippen molar-refractivity contribution in [1.82, 2.24) is 15.1 Å². The number of rotatable bonds is 12. The van der Waals surface area contributed by atoms with Gasteiger partial charge >= 0.3 is 0 Å². The van der Waals surface area contributed by atoms with E-state index < -0.39 is 5.60 Å². The van der Waals surface area contributed by atoms with Gasteiger partial charge in [0.25, 0.3) is 5.91 Å². The Morgan fingerprint density at radius 2 is 1.78 bits per heavy atom. The van der Waals surface area contributed by atoms with Crippen molar-refractivity contribution < 1.29 is 19.1 Å². The van der Waals surface area contributed by atoms with Gasteiger partial charge in [0.15, 0.2) is 5.60 Å². The maximum atomic E-state index is 14.8. The Morgan fingerprint density at radius 1 is 1.04 bits per heavy atom. The second-order valence-electron chi connectivity index (χ2n) is 14.5. The number of nitrogens with zero attached hydrogens (tertiary/aromatic N) is 3. The summed E-state index contributed by atoms with van der Waals surface area (Å²) in [5.41, 5.74) is 7.72. The summed E-state index contributed by atoms with van der Waals surface area (Å²) >= 11 is 13.9. The lowest BCUT2D eigenvalue weighted by atomic mass is 9.75. The Hall–Kier alpha value is -3.47. The van der Waals surface area contributed by atoms with Crippen molar-refractivity contribution in [3.05, 3.63) is 57.7 Å². The Balaban J connectivity index is 1.26. The molecule has 12 heteroatoms. The molecule has 2 saturated heterocycles. The maximum Gasteiger partial charge on any atom is 0.266 e. The second-order valence-corrected chi connectivity index (χ2v) is 15.3. The van der Waals surface area contributed by atoms with Crippen LogP contribution in [0.25, 0.3) is 5.57 Å². The van der Waals surface area contributed by atoms with Crippen molar-refractivity contribution in [2.45, 2.75) is 76.5 Å². The van der Waals surface area contributed by atoms with Crippen LogP contribution in [0.15, 0.2) is 36.5 Å². The zero-order valence-corrected chi connectivity index (χ0v) is 30.9. The Labute approximate surface area is 305 Å². The highest BCUT2D eigenvalue weighted by molar-refractivity contribution is 6.40. The van der Waals surface area contributed by atoms with E-state index in [9.17, 15) is 9.59 Å². The molecular weight excluding hydrogens is 675 g/mol. The number of benzene rings is 2. The number of hydrogen-bond donors (Lipinski definition) is 3. The quantitative estimate of drug-likeness (QED) is 0.220. The molecule has 2 aromatic rings. The van der Waals surface area contributed by atoms with Crippen molar-refractivity contribution in [3.8, 4) is 11.5 Å². The van der Waals surface area contributed by atoms with Gasteiger partial charge in [0, 0.05) is 68.9 Å². The first-order valence-corrected chi connectivity index (χ1v) is 18.7. The van der Waals surface area contributed by atoms with Gasteiger partial charge in [-0.3, -0.25) is 9.59 Å². The minimum Gasteiger partial charge on any atom is -0.496 e. The van der Waals surface area contributed by atoms with Crippen LogP contribution in [-0.4, -0.2) is 85.9 Å². The van der Waals surface area contributed by atoms with E-state index in [-0.39, 0.29) is 29.8 Å². The molecular formula is C38H50Cl2N6O4. The summed E-state index contributed by atoms with van der Waals surface area (Å²) in [6.07, 6.45) is 9.47. The molecule has 2 amide bonds. The van der Waals surface area contributed by atoms with Crippen LogP contribution in [0, 0.1) is 17.2 Å². The number of nitrogens with one attached hydrogen (secondary N) is 2. The molecule has 10 nitrogen and oxygen atoms in total. The third-order valence-corrected chi connectivity index (χ3v) is 11.4. The SMILES string of the molecule is COc1cc(/C(C=N)=C/N)ccc1C(C1CCC1)N(C(=O)[C@@H]1CCCN(c2c(Cl)ccc(OC(C)(C)C(=O)N3CCNCC3)c2Cl)C1)C1CC1. The highest BCUT2D eigenvalue weighted by atomic mass is 35.5. The van der Waals surface area contributed by atoms with E-state index in [0.717, 1.165) is 69.2 Å². The van der Waals surface area contributed by atoms with Gasteiger partial charge < -0.3 is 40.6 Å². The number of carbonyl (C=O) groups excluding carboxylic acids is 2. The summed E-state index contributed by atoms with van der Waals surface area (Å²) in [4.78, 5) is 34.3. The molecule has 50 heavy (non-hydrogen) atoms. The molecule has 0 spiro atoms. The number of hydrogen-bond acceptors (Lipinski definition) is 8. The monoisotopic (exact) mass is 724 g/mol. The average Bonchev–Trinajstić information content (AvgIpc) is 3.94. The molecule has 0 aromatic heterocycles. The highest BCUT2D eigenvalue weighted by Crippen LogP contribution is 2.50. The minimum absolute atomic E-state index is 0.0892. The summed E-state index contributed by atoms with van der Waals surface area (Å²) in [6.45, 7) is 7.48. The topological polar surface area (TPSA) is 124 Å². The van der Waals surface area contributed by atoms with Gasteiger partial charge in [0.2, 0.25) is 5.91 Å². The first-order valence-electron chi connectivity index (χ1n) is 17.9. The zero-order valence-electron chi connectivity index (χ0n) is 29.4. The van der Waals surface area contributed by atoms with E-state index in [1.807, 2.05) is 17.0 Å². The van der Waals surface area contributed by atoms with Crippen molar-refractivity contribution in [2.24, 2.45) is 17.6 Å². The number of methoxy groups -OCH3 is 1. The van der Waals surface area contributed by atoms with Gasteiger partial charge in [-0.2, -0.15) is 0 Å². The third kappa shape index (κ3) is 7.44. The van der Waals surface area contributed by atoms with E-state index in [1.54, 1.807) is 33.1 Å². The van der Waals surface area contributed by atoms with E-state index in [4.69, 9.17) is 43.8 Å². The lowest BCUT2D eigenvalue weighted by Crippen LogP contribution is -2.54. The molecule has 2 heterocycles. The largest absolute Gasteiger partial charge is 0.496 e. The highest BCUT2D eigenvalue weighted by Gasteiger charge is 2.46. The third-order valence-electron chi connectivity index (χ3n) is 10.7. The van der Waals surface area contributed by atoms with Crippen LogP contribution in [0.5, 0.6) is 11.5 Å². The summed E-state index contributed by atoms with van der Waals surface area (Å²) in [5, 5.41) is 11.9. The molecule has 6 rings (SSSR count). The first kappa shape index (κ1) is 36.3. The standard InChI is InChI=1S/C38H50Cl2N6O4/c1-38(2,37(48)44-18-15-43-16-19-44)50-31-14-13-30(39)35(33(31)40)45-17-5-8-26(23-45)36(47)46(28-10-11-28)34(24-6-4-7-24)29-12-9-25(20-32(29)49-3)27(21-41)22-42/h9,12-14,20-22,24,26,28,34,41,43H,4-8,10-11,15-19,23,42H2,1-3H3/b27-22+,41-21?/t26-,34?/m1/s1. The molecule has 0 bridgehead atoms. The summed E-state index contributed by atoms with van der Waals surface area (Å²) in [6, 6.07) is 9.53. The van der Waals surface area contributed by atoms with E-state index in [0.29, 0.717) is 64.9 Å². The number of carbonyl (C=O) groups is 2. The molecule has 1 unspecified atom stereocenters. The lowest BCUT2D eigenvalue weighted by molar-refractivity contribution is -0.146. The van der Waals surface area contributed by atoms with Crippen LogP contribution >= 0.6 is 23.2 Å². The number of ether oxygens (including phenoxy) is 2. The van der Waals surface area contributed by atoms with Crippen LogP contribution in [-0.2, 0) is 9.59 Å². The van der Waals surface area contributed by atoms with Crippen LogP contribution in [0.4, 0.5) is 5.69 Å². The van der Waals surface area contributed by atoms with Gasteiger partial charge in [-0.05, 0) is 82.1 Å². The van der Waals surface area contributed by atoms with Crippen LogP contribution < -0.4 is 25.4 Å². The molecule has 4 N–H and O–H groups in total. The van der Waals surface area contributed by atoms with E-state index >= 15 is 0 Å². The Morgan fingerprint density at radius 3 is 2.40 bits per heavy atom. The number of anilines is 1. The number of amides is 2. The van der Waals surface area contributed by atoms with Crippen molar-refractivity contribution in [1.29, 1.82) is 5.41 Å². The summed E-state index contributed by atoms with van der Waals surface area (Å²) < 4.78 is 12.3. The number of piperazine rings is 1. The predicted octanol–water partition coefficient (Wildman–Crippen LogP) is 6.29. The fourth-order valence-corrected chi connectivity index (χ4v) is 8.35. The molecule has 2 saturated carbocycles. The molecule has 0 radical (unpaired) electrons. The van der Waals surface area contributed by atoms with Gasteiger partial charge in [-0.1, -0.05) is 41.8 Å². The smallest absolute Gasteiger partial charge is 0.266 e. The maximum absolute atomic E-state index is 14.8. The van der Waals surface area contributed by atoms with Crippen molar-refractivity contribution in [2.75, 3.05) is 51.3 Å². The number of allylic oxidation sites excluding steroid dienone is 1. The minimum atomic E-state index is -1.13. The molecule has 2 atom stereocenters. The van der Waals surface area contributed by atoms with Crippen molar-refractivity contribution in [3.63, 3.8) is 0 Å². The lowest BCUT2D eigenvalue weighted by Gasteiger charge is -2.45. The molecule has 2 aliphatic carbocycles. The van der Waals surface area contributed by atoms with E-state index in [2.05, 4.69) is 21.2 Å². The number of halogens is 2. The summed E-state index contributed by atoms with van der Waals surface area (Å²) in [7, 11) is 1.66. The second kappa shape index (κ2) is 15.4. The van der Waals surface area contributed by atoms with Gasteiger partial charge in [-0.25, -0.2) is 0 Å².